The molecule has 146 valence electrons. The zero-order valence-electron chi connectivity index (χ0n) is 16.8. The van der Waals surface area contributed by atoms with Gasteiger partial charge in [-0.1, -0.05) is 44.2 Å². The summed E-state index contributed by atoms with van der Waals surface area (Å²) in [7, 11) is 1.86. The Morgan fingerprint density at radius 3 is 2.32 bits per heavy atom. The van der Waals surface area contributed by atoms with E-state index in [4.69, 9.17) is 4.74 Å². The van der Waals surface area contributed by atoms with E-state index < -0.39 is 0 Å². The lowest BCUT2D eigenvalue weighted by atomic mass is 9.87. The van der Waals surface area contributed by atoms with Gasteiger partial charge >= 0.3 is 5.97 Å². The summed E-state index contributed by atoms with van der Waals surface area (Å²) in [6, 6.07) is 12.9. The minimum absolute atomic E-state index is 0.0350. The molecule has 0 spiro atoms. The molecule has 1 aromatic heterocycles. The van der Waals surface area contributed by atoms with Gasteiger partial charge in [-0.25, -0.2) is 4.79 Å². The maximum absolute atomic E-state index is 12.6. The fourth-order valence-corrected chi connectivity index (χ4v) is 3.90. The molecular formula is C22H24N2O3S. The average molecular weight is 397 g/mol. The summed E-state index contributed by atoms with van der Waals surface area (Å²) < 4.78 is 7.79. The van der Waals surface area contributed by atoms with Crippen molar-refractivity contribution in [2.45, 2.75) is 33.1 Å². The van der Waals surface area contributed by atoms with E-state index in [-0.39, 0.29) is 17.3 Å². The van der Waals surface area contributed by atoms with E-state index in [1.54, 1.807) is 19.1 Å². The maximum Gasteiger partial charge on any atom is 0.338 e. The summed E-state index contributed by atoms with van der Waals surface area (Å²) in [6.07, 6.45) is 0. The third kappa shape index (κ3) is 4.07. The number of carbonyl (C=O) groups excluding carboxylic acids is 2. The van der Waals surface area contributed by atoms with Crippen molar-refractivity contribution in [1.29, 1.82) is 0 Å². The lowest BCUT2D eigenvalue weighted by Gasteiger charge is -2.18. The third-order valence-electron chi connectivity index (χ3n) is 4.52. The number of aryl methyl sites for hydroxylation is 1. The van der Waals surface area contributed by atoms with E-state index in [9.17, 15) is 9.59 Å². The summed E-state index contributed by atoms with van der Waals surface area (Å²) in [5.74, 6) is -0.637. The normalized spacial score (nSPS) is 12.4. The van der Waals surface area contributed by atoms with Crippen molar-refractivity contribution >= 4 is 33.4 Å². The summed E-state index contributed by atoms with van der Waals surface area (Å²) in [4.78, 5) is 29.4. The predicted molar refractivity (Wildman–Crippen MR) is 112 cm³/mol. The van der Waals surface area contributed by atoms with Gasteiger partial charge in [0, 0.05) is 12.6 Å². The van der Waals surface area contributed by atoms with Crippen LogP contribution in [-0.2, 0) is 17.2 Å². The minimum Gasteiger partial charge on any atom is -0.462 e. The number of fused-ring (bicyclic) bond motifs is 1. The monoisotopic (exact) mass is 396 g/mol. The topological polar surface area (TPSA) is 60.7 Å². The number of thiazole rings is 1. The van der Waals surface area contributed by atoms with Crippen molar-refractivity contribution in [1.82, 2.24) is 4.57 Å². The van der Waals surface area contributed by atoms with Gasteiger partial charge in [-0.15, -0.1) is 0 Å². The van der Waals surface area contributed by atoms with Gasteiger partial charge in [0.1, 0.15) is 0 Å². The maximum atomic E-state index is 12.6. The Labute approximate surface area is 168 Å². The van der Waals surface area contributed by atoms with E-state index in [1.165, 1.54) is 16.9 Å². The highest BCUT2D eigenvalue weighted by Gasteiger charge is 2.15. The van der Waals surface area contributed by atoms with Gasteiger partial charge < -0.3 is 9.30 Å². The molecule has 1 heterocycles. The molecule has 0 radical (unpaired) electrons. The second-order valence-electron chi connectivity index (χ2n) is 7.59. The van der Waals surface area contributed by atoms with Crippen molar-refractivity contribution in [2.24, 2.45) is 12.0 Å². The smallest absolute Gasteiger partial charge is 0.338 e. The molecule has 6 heteroatoms. The largest absolute Gasteiger partial charge is 0.462 e. The number of ether oxygens (including phenoxy) is 1. The summed E-state index contributed by atoms with van der Waals surface area (Å²) >= 11 is 1.37. The third-order valence-corrected chi connectivity index (χ3v) is 5.61. The SMILES string of the molecule is CCOC(=O)c1ccc2c(c1)sc(=NC(=O)c1ccc(C(C)(C)C)cc1)n2C. The molecular weight excluding hydrogens is 372 g/mol. The van der Waals surface area contributed by atoms with Crippen molar-refractivity contribution < 1.29 is 14.3 Å². The molecule has 0 fully saturated rings. The molecule has 1 amide bonds. The van der Waals surface area contributed by atoms with Crippen LogP contribution >= 0.6 is 11.3 Å². The summed E-state index contributed by atoms with van der Waals surface area (Å²) in [6.45, 7) is 8.51. The first kappa shape index (κ1) is 20.0. The lowest BCUT2D eigenvalue weighted by molar-refractivity contribution is 0.0526. The van der Waals surface area contributed by atoms with E-state index >= 15 is 0 Å². The molecule has 0 aliphatic rings. The Bertz CT molecular complexity index is 1100. The predicted octanol–water partition coefficient (Wildman–Crippen LogP) is 4.46. The molecule has 0 saturated carbocycles. The van der Waals surface area contributed by atoms with Gasteiger partial charge in [0.2, 0.25) is 0 Å². The van der Waals surface area contributed by atoms with Crippen LogP contribution < -0.4 is 4.80 Å². The van der Waals surface area contributed by atoms with Crippen LogP contribution in [0.15, 0.2) is 47.5 Å². The van der Waals surface area contributed by atoms with Crippen LogP contribution in [0, 0.1) is 0 Å². The van der Waals surface area contributed by atoms with Crippen molar-refractivity contribution in [2.75, 3.05) is 6.61 Å². The molecule has 0 N–H and O–H groups in total. The number of benzene rings is 2. The fourth-order valence-electron chi connectivity index (χ4n) is 2.85. The van der Waals surface area contributed by atoms with Gasteiger partial charge in [-0.2, -0.15) is 4.99 Å². The minimum atomic E-state index is -0.353. The highest BCUT2D eigenvalue weighted by Crippen LogP contribution is 2.22. The Hall–Kier alpha value is -2.73. The molecule has 3 aromatic rings. The van der Waals surface area contributed by atoms with Gasteiger partial charge in [-0.3, -0.25) is 4.79 Å². The van der Waals surface area contributed by atoms with E-state index in [0.29, 0.717) is 22.5 Å². The molecule has 5 nitrogen and oxygen atoms in total. The zero-order valence-corrected chi connectivity index (χ0v) is 17.6. The van der Waals surface area contributed by atoms with Crippen LogP contribution in [0.3, 0.4) is 0 Å². The number of aromatic nitrogens is 1. The molecule has 0 bridgehead atoms. The number of esters is 1. The van der Waals surface area contributed by atoms with Gasteiger partial charge in [-0.05, 0) is 48.2 Å². The first-order chi connectivity index (χ1) is 13.2. The van der Waals surface area contributed by atoms with Crippen LogP contribution in [0.4, 0.5) is 0 Å². The van der Waals surface area contributed by atoms with Crippen LogP contribution in [0.2, 0.25) is 0 Å². The average Bonchev–Trinajstić information content (AvgIpc) is 2.96. The zero-order chi connectivity index (χ0) is 20.5. The molecule has 0 atom stereocenters. The van der Waals surface area contributed by atoms with Crippen LogP contribution in [0.25, 0.3) is 10.2 Å². The van der Waals surface area contributed by atoms with Crippen molar-refractivity contribution in [3.05, 3.63) is 64.0 Å². The lowest BCUT2D eigenvalue weighted by Crippen LogP contribution is -2.14. The number of hydrogen-bond acceptors (Lipinski definition) is 4. The van der Waals surface area contributed by atoms with Gasteiger partial charge in [0.15, 0.2) is 4.80 Å². The van der Waals surface area contributed by atoms with E-state index in [1.807, 2.05) is 41.9 Å². The first-order valence-corrected chi connectivity index (χ1v) is 9.98. The molecule has 0 aliphatic heterocycles. The molecule has 2 aromatic carbocycles. The molecule has 0 aliphatic carbocycles. The Morgan fingerprint density at radius 2 is 1.71 bits per heavy atom. The van der Waals surface area contributed by atoms with E-state index in [0.717, 1.165) is 10.2 Å². The second-order valence-corrected chi connectivity index (χ2v) is 8.60. The van der Waals surface area contributed by atoms with Crippen molar-refractivity contribution in [3.8, 4) is 0 Å². The Morgan fingerprint density at radius 1 is 1.07 bits per heavy atom. The van der Waals surface area contributed by atoms with Crippen molar-refractivity contribution in [3.63, 3.8) is 0 Å². The highest BCUT2D eigenvalue weighted by molar-refractivity contribution is 7.16. The fraction of sp³-hybridized carbons (Fsp3) is 0.318. The number of carbonyl (C=O) groups is 2. The first-order valence-electron chi connectivity index (χ1n) is 9.17. The number of nitrogens with zero attached hydrogens (tertiary/aromatic N) is 2. The van der Waals surface area contributed by atoms with Crippen LogP contribution in [-0.4, -0.2) is 23.1 Å². The molecule has 0 saturated heterocycles. The van der Waals surface area contributed by atoms with Crippen LogP contribution in [0.5, 0.6) is 0 Å². The Kier molecular flexibility index (Phi) is 5.52. The van der Waals surface area contributed by atoms with Crippen LogP contribution in [0.1, 0.15) is 54.0 Å². The highest BCUT2D eigenvalue weighted by atomic mass is 32.1. The van der Waals surface area contributed by atoms with Gasteiger partial charge in [0.25, 0.3) is 5.91 Å². The number of rotatable bonds is 3. The van der Waals surface area contributed by atoms with Gasteiger partial charge in [0.05, 0.1) is 22.4 Å². The van der Waals surface area contributed by atoms with E-state index in [2.05, 4.69) is 25.8 Å². The number of hydrogen-bond donors (Lipinski definition) is 0. The standard InChI is InChI=1S/C22H24N2O3S/c1-6-27-20(26)15-9-12-17-18(13-15)28-21(24(17)5)23-19(25)14-7-10-16(11-8-14)22(2,3)4/h7-13H,6H2,1-5H3. The second kappa shape index (κ2) is 7.72. The number of amides is 1. The molecule has 3 rings (SSSR count). The summed E-state index contributed by atoms with van der Waals surface area (Å²) in [5, 5.41) is 0. The molecule has 28 heavy (non-hydrogen) atoms. The Balaban J connectivity index is 1.96. The summed E-state index contributed by atoms with van der Waals surface area (Å²) in [5.41, 5.74) is 3.16. The molecule has 0 unspecified atom stereocenters. The quantitative estimate of drug-likeness (QED) is 0.614.